The van der Waals surface area contributed by atoms with Crippen LogP contribution in [0.2, 0.25) is 20.1 Å². The smallest absolute Gasteiger partial charge is 0.341 e. The van der Waals surface area contributed by atoms with Crippen LogP contribution in [0.4, 0.5) is 0 Å². The Labute approximate surface area is 249 Å². The van der Waals surface area contributed by atoms with E-state index in [1.807, 2.05) is 19.9 Å². The Morgan fingerprint density at radius 1 is 0.846 bits per heavy atom. The number of carbonyl (C=O) groups is 3. The summed E-state index contributed by atoms with van der Waals surface area (Å²) in [5, 5.41) is 18.0. The first kappa shape index (κ1) is 31.0. The van der Waals surface area contributed by atoms with Gasteiger partial charge in [0.05, 0.1) is 10.0 Å². The molecule has 208 valence electrons. The number of carbonyl (C=O) groups excluding carboxylic acids is 1. The van der Waals surface area contributed by atoms with Crippen molar-refractivity contribution in [3.63, 3.8) is 0 Å². The van der Waals surface area contributed by atoms with E-state index in [0.29, 0.717) is 24.8 Å². The largest absolute Gasteiger partial charge is 0.480 e. The third kappa shape index (κ3) is 7.38. The fraction of sp³-hybridized carbons (Fsp3) is 0.296. The molecule has 1 aromatic heterocycles. The van der Waals surface area contributed by atoms with Crippen LogP contribution in [0, 0.1) is 5.92 Å². The molecule has 2 N–H and O–H groups in total. The van der Waals surface area contributed by atoms with Gasteiger partial charge in [-0.15, -0.1) is 11.3 Å². The van der Waals surface area contributed by atoms with Crippen molar-refractivity contribution in [1.82, 2.24) is 0 Å². The third-order valence-corrected chi connectivity index (χ3v) is 8.82. The molecule has 12 heteroatoms. The number of rotatable bonds is 13. The number of halogens is 4. The summed E-state index contributed by atoms with van der Waals surface area (Å²) in [6, 6.07) is 8.28. The molecule has 0 aliphatic carbocycles. The predicted molar refractivity (Wildman–Crippen MR) is 154 cm³/mol. The zero-order valence-corrected chi connectivity index (χ0v) is 24.7. The molecule has 2 aromatic carbocycles. The lowest BCUT2D eigenvalue weighted by Gasteiger charge is -2.16. The Kier molecular flexibility index (Phi) is 10.9. The number of hydrogen-bond acceptors (Lipinski definition) is 6. The van der Waals surface area contributed by atoms with E-state index < -0.39 is 31.1 Å². The molecule has 0 amide bonds. The number of carboxylic acids is 2. The van der Waals surface area contributed by atoms with E-state index in [0.717, 1.165) is 15.3 Å². The molecule has 0 saturated heterocycles. The monoisotopic (exact) mass is 632 g/mol. The minimum absolute atomic E-state index is 0.00996. The summed E-state index contributed by atoms with van der Waals surface area (Å²) in [6.45, 7) is 2.78. The fourth-order valence-corrected chi connectivity index (χ4v) is 6.25. The van der Waals surface area contributed by atoms with Crippen molar-refractivity contribution in [1.29, 1.82) is 0 Å². The molecule has 0 aliphatic heterocycles. The Bertz CT molecular complexity index is 1400. The number of aliphatic carboxylic acids is 2. The number of hydrogen-bond donors (Lipinski definition) is 2. The Morgan fingerprint density at radius 2 is 1.41 bits per heavy atom. The van der Waals surface area contributed by atoms with Crippen molar-refractivity contribution in [2.75, 3.05) is 13.2 Å². The second-order valence-corrected chi connectivity index (χ2v) is 11.1. The average Bonchev–Trinajstić information content (AvgIpc) is 3.31. The normalized spacial score (nSPS) is 11.7. The molecule has 0 aliphatic rings. The predicted octanol–water partition coefficient (Wildman–Crippen LogP) is 7.97. The highest BCUT2D eigenvalue weighted by Gasteiger charge is 2.26. The van der Waals surface area contributed by atoms with Gasteiger partial charge in [0.25, 0.3) is 0 Å². The maximum absolute atomic E-state index is 13.4. The van der Waals surface area contributed by atoms with Crippen LogP contribution in [0.1, 0.15) is 41.1 Å². The Balaban J connectivity index is 1.87. The minimum Gasteiger partial charge on any atom is -0.480 e. The molecule has 1 atom stereocenters. The highest BCUT2D eigenvalue weighted by Crippen LogP contribution is 2.44. The summed E-state index contributed by atoms with van der Waals surface area (Å²) in [4.78, 5) is 36.9. The zero-order valence-electron chi connectivity index (χ0n) is 20.9. The number of aryl methyl sites for hydroxylation is 1. The summed E-state index contributed by atoms with van der Waals surface area (Å²) >= 11 is 27.1. The van der Waals surface area contributed by atoms with Gasteiger partial charge in [-0.3, -0.25) is 4.79 Å². The van der Waals surface area contributed by atoms with Crippen LogP contribution in [-0.2, 0) is 22.4 Å². The van der Waals surface area contributed by atoms with Crippen LogP contribution in [0.3, 0.4) is 0 Å². The third-order valence-electron chi connectivity index (χ3n) is 5.86. The van der Waals surface area contributed by atoms with Crippen molar-refractivity contribution < 1.29 is 34.1 Å². The van der Waals surface area contributed by atoms with Crippen molar-refractivity contribution in [2.24, 2.45) is 5.92 Å². The quantitative estimate of drug-likeness (QED) is 0.184. The minimum atomic E-state index is -1.17. The van der Waals surface area contributed by atoms with Gasteiger partial charge in [-0.1, -0.05) is 60.3 Å². The molecular formula is C27H24Cl4O7S. The molecule has 0 bridgehead atoms. The van der Waals surface area contributed by atoms with Gasteiger partial charge in [0.15, 0.2) is 19.0 Å². The van der Waals surface area contributed by atoms with Gasteiger partial charge in [-0.25, -0.2) is 9.59 Å². The lowest BCUT2D eigenvalue weighted by molar-refractivity contribution is -0.140. The summed E-state index contributed by atoms with van der Waals surface area (Å²) in [7, 11) is 0. The molecule has 0 radical (unpaired) electrons. The SMILES string of the molecule is CCc1cc(CC(CC)C(=O)c2ccc(OCC(=O)O)c(Cl)c2Cl)sc1-c1ccc(OCC(=O)O)c(Cl)c1Cl. The molecule has 3 rings (SSSR count). The van der Waals surface area contributed by atoms with Gasteiger partial charge in [0, 0.05) is 26.8 Å². The second kappa shape index (κ2) is 13.7. The van der Waals surface area contributed by atoms with E-state index in [9.17, 15) is 14.4 Å². The first-order valence-electron chi connectivity index (χ1n) is 11.8. The number of ether oxygens (including phenoxy) is 2. The van der Waals surface area contributed by atoms with Gasteiger partial charge in [-0.05, 0) is 55.2 Å². The molecule has 0 fully saturated rings. The summed E-state index contributed by atoms with van der Waals surface area (Å²) in [6.07, 6.45) is 1.70. The van der Waals surface area contributed by atoms with Crippen LogP contribution in [0.15, 0.2) is 30.3 Å². The van der Waals surface area contributed by atoms with Crippen molar-refractivity contribution >= 4 is 75.5 Å². The molecule has 7 nitrogen and oxygen atoms in total. The number of Topliss-reactive ketones (excluding diaryl/α,β-unsaturated/α-hetero) is 1. The molecule has 1 unspecified atom stereocenters. The van der Waals surface area contributed by atoms with Gasteiger partial charge in [-0.2, -0.15) is 0 Å². The van der Waals surface area contributed by atoms with E-state index in [1.165, 1.54) is 23.5 Å². The Morgan fingerprint density at radius 3 is 1.95 bits per heavy atom. The zero-order chi connectivity index (χ0) is 28.9. The van der Waals surface area contributed by atoms with Crippen LogP contribution in [-0.4, -0.2) is 41.1 Å². The fourth-order valence-electron chi connectivity index (χ4n) is 3.89. The van der Waals surface area contributed by atoms with Crippen molar-refractivity contribution in [3.8, 4) is 21.9 Å². The van der Waals surface area contributed by atoms with E-state index in [2.05, 4.69) is 0 Å². The molecular weight excluding hydrogens is 610 g/mol. The van der Waals surface area contributed by atoms with Crippen LogP contribution < -0.4 is 9.47 Å². The van der Waals surface area contributed by atoms with E-state index in [-0.39, 0.29) is 42.9 Å². The number of benzene rings is 2. The molecule has 3 aromatic rings. The van der Waals surface area contributed by atoms with Gasteiger partial charge >= 0.3 is 11.9 Å². The van der Waals surface area contributed by atoms with Crippen molar-refractivity contribution in [2.45, 2.75) is 33.1 Å². The highest BCUT2D eigenvalue weighted by molar-refractivity contribution is 7.15. The van der Waals surface area contributed by atoms with Gasteiger partial charge < -0.3 is 19.7 Å². The summed E-state index contributed by atoms with van der Waals surface area (Å²) in [5.74, 6) is -2.63. The standard InChI is InChI=1S/C27H24Cl4O7S/c1-3-13(26(36)16-5-7-18(24(30)22(16)28)37-11-20(32)33)9-15-10-14(4-2)27(39-15)17-6-8-19(25(31)23(17)29)38-12-21(34)35/h5-8,10,13H,3-4,9,11-12H2,1-2H3,(H,32,33)(H,34,35). The summed E-state index contributed by atoms with van der Waals surface area (Å²) in [5.41, 5.74) is 1.94. The maximum atomic E-state index is 13.4. The van der Waals surface area contributed by atoms with Crippen LogP contribution in [0.25, 0.3) is 10.4 Å². The molecule has 39 heavy (non-hydrogen) atoms. The topological polar surface area (TPSA) is 110 Å². The molecule has 1 heterocycles. The first-order valence-corrected chi connectivity index (χ1v) is 14.1. The first-order chi connectivity index (χ1) is 18.5. The highest BCUT2D eigenvalue weighted by atomic mass is 35.5. The molecule has 0 saturated carbocycles. The molecule has 0 spiro atoms. The van der Waals surface area contributed by atoms with Crippen molar-refractivity contribution in [3.05, 3.63) is 66.4 Å². The van der Waals surface area contributed by atoms with Gasteiger partial charge in [0.1, 0.15) is 21.5 Å². The lowest BCUT2D eigenvalue weighted by atomic mass is 9.91. The summed E-state index contributed by atoms with van der Waals surface area (Å²) < 4.78 is 10.3. The second-order valence-electron chi connectivity index (χ2n) is 8.44. The Hall–Kier alpha value is -2.49. The van der Waals surface area contributed by atoms with Crippen LogP contribution >= 0.6 is 57.7 Å². The number of thiophene rings is 1. The van der Waals surface area contributed by atoms with E-state index in [1.54, 1.807) is 12.1 Å². The lowest BCUT2D eigenvalue weighted by Crippen LogP contribution is -2.17. The van der Waals surface area contributed by atoms with E-state index in [4.69, 9.17) is 66.1 Å². The maximum Gasteiger partial charge on any atom is 0.341 e. The van der Waals surface area contributed by atoms with E-state index >= 15 is 0 Å². The number of ketones is 1. The van der Waals surface area contributed by atoms with Gasteiger partial charge in [0.2, 0.25) is 0 Å². The number of carboxylic acid groups (broad SMARTS) is 2. The average molecular weight is 634 g/mol. The van der Waals surface area contributed by atoms with Crippen LogP contribution in [0.5, 0.6) is 11.5 Å².